The number of likely N-dealkylation sites (N-methyl/N-ethyl adjacent to an activating group) is 1. The van der Waals surface area contributed by atoms with Gasteiger partial charge in [-0.25, -0.2) is 8.78 Å². The third kappa shape index (κ3) is 4.61. The van der Waals surface area contributed by atoms with Crippen molar-refractivity contribution in [1.29, 1.82) is 0 Å². The fourth-order valence-electron chi connectivity index (χ4n) is 2.68. The number of benzene rings is 2. The van der Waals surface area contributed by atoms with Crippen LogP contribution in [-0.2, 0) is 11.3 Å². The van der Waals surface area contributed by atoms with E-state index in [2.05, 4.69) is 5.32 Å². The number of hydrogen-bond acceptors (Lipinski definition) is 3. The highest BCUT2D eigenvalue weighted by molar-refractivity contribution is 5.95. The summed E-state index contributed by atoms with van der Waals surface area (Å²) in [6.45, 7) is 0.383. The van der Waals surface area contributed by atoms with E-state index in [-0.39, 0.29) is 18.0 Å². The molecule has 0 heterocycles. The number of rotatable bonds is 7. The lowest BCUT2D eigenvalue weighted by atomic mass is 10.0. The zero-order chi connectivity index (χ0) is 18.4. The highest BCUT2D eigenvalue weighted by atomic mass is 19.1. The zero-order valence-corrected chi connectivity index (χ0v) is 14.6. The number of hydrogen-bond donors (Lipinski definition) is 1. The van der Waals surface area contributed by atoms with Crippen molar-refractivity contribution in [1.82, 2.24) is 10.2 Å². The zero-order valence-electron chi connectivity index (χ0n) is 14.6. The number of carbonyl (C=O) groups is 1. The van der Waals surface area contributed by atoms with E-state index in [0.717, 1.165) is 5.56 Å². The molecule has 1 atom stereocenters. The van der Waals surface area contributed by atoms with Crippen LogP contribution >= 0.6 is 0 Å². The van der Waals surface area contributed by atoms with Crippen LogP contribution in [0.4, 0.5) is 8.78 Å². The van der Waals surface area contributed by atoms with Gasteiger partial charge in [0, 0.05) is 24.8 Å². The van der Waals surface area contributed by atoms with Gasteiger partial charge in [0.2, 0.25) is 0 Å². The number of amides is 1. The average Bonchev–Trinajstić information content (AvgIpc) is 2.57. The molecule has 4 nitrogen and oxygen atoms in total. The maximum absolute atomic E-state index is 14.1. The van der Waals surface area contributed by atoms with Gasteiger partial charge >= 0.3 is 0 Å². The molecule has 0 fully saturated rings. The fourth-order valence-corrected chi connectivity index (χ4v) is 2.68. The molecule has 0 radical (unpaired) electrons. The van der Waals surface area contributed by atoms with Gasteiger partial charge in [0.1, 0.15) is 11.6 Å². The standard InChI is InChI=1S/C19H22F2N2O2/c1-23(2)17(18-15(20)9-6-10-16(18)21)11-22-19(24)14-8-5-4-7-13(14)12-25-3/h4-10,17H,11-12H2,1-3H3,(H,22,24). The molecule has 2 rings (SSSR count). The molecule has 25 heavy (non-hydrogen) atoms. The van der Waals surface area contributed by atoms with Crippen LogP contribution in [-0.4, -0.2) is 38.6 Å². The molecule has 0 aliphatic carbocycles. The second kappa shape index (κ2) is 8.69. The minimum atomic E-state index is -0.632. The molecule has 1 amide bonds. The molecule has 2 aromatic carbocycles. The molecule has 134 valence electrons. The van der Waals surface area contributed by atoms with Gasteiger partial charge in [-0.15, -0.1) is 0 Å². The predicted molar refractivity (Wildman–Crippen MR) is 92.3 cm³/mol. The van der Waals surface area contributed by atoms with E-state index < -0.39 is 17.7 Å². The molecular formula is C19H22F2N2O2. The highest BCUT2D eigenvalue weighted by Crippen LogP contribution is 2.24. The van der Waals surface area contributed by atoms with Crippen molar-refractivity contribution in [2.24, 2.45) is 0 Å². The Morgan fingerprint density at radius 3 is 2.36 bits per heavy atom. The normalized spacial score (nSPS) is 12.2. The Hall–Kier alpha value is -2.31. The summed E-state index contributed by atoms with van der Waals surface area (Å²) < 4.78 is 33.2. The number of nitrogens with one attached hydrogen (secondary N) is 1. The molecule has 1 N–H and O–H groups in total. The van der Waals surface area contributed by atoms with Crippen molar-refractivity contribution in [3.63, 3.8) is 0 Å². The Balaban J connectivity index is 2.18. The van der Waals surface area contributed by atoms with E-state index in [1.54, 1.807) is 44.3 Å². The summed E-state index contributed by atoms with van der Waals surface area (Å²) in [6, 6.07) is 10.2. The second-order valence-corrected chi connectivity index (χ2v) is 5.91. The molecule has 6 heteroatoms. The highest BCUT2D eigenvalue weighted by Gasteiger charge is 2.23. The van der Waals surface area contributed by atoms with E-state index in [4.69, 9.17) is 4.74 Å². The summed E-state index contributed by atoms with van der Waals surface area (Å²) in [5.74, 6) is -1.57. The van der Waals surface area contributed by atoms with E-state index in [1.807, 2.05) is 6.07 Å². The van der Waals surface area contributed by atoms with Crippen molar-refractivity contribution in [2.45, 2.75) is 12.6 Å². The third-order valence-electron chi connectivity index (χ3n) is 3.97. The lowest BCUT2D eigenvalue weighted by Crippen LogP contribution is -2.35. The lowest BCUT2D eigenvalue weighted by Gasteiger charge is -2.26. The van der Waals surface area contributed by atoms with Gasteiger partial charge in [-0.05, 0) is 37.9 Å². The maximum Gasteiger partial charge on any atom is 0.251 e. The molecule has 0 aliphatic rings. The van der Waals surface area contributed by atoms with E-state index in [1.165, 1.54) is 18.2 Å². The first kappa shape index (κ1) is 19.0. The maximum atomic E-state index is 14.1. The molecular weight excluding hydrogens is 326 g/mol. The van der Waals surface area contributed by atoms with E-state index in [0.29, 0.717) is 12.2 Å². The fraction of sp³-hybridized carbons (Fsp3) is 0.316. The number of nitrogens with zero attached hydrogens (tertiary/aromatic N) is 1. The Morgan fingerprint density at radius 1 is 1.12 bits per heavy atom. The van der Waals surface area contributed by atoms with Crippen LogP contribution in [0.1, 0.15) is 27.5 Å². The van der Waals surface area contributed by atoms with Crippen LogP contribution in [0.3, 0.4) is 0 Å². The quantitative estimate of drug-likeness (QED) is 0.836. The molecule has 0 aromatic heterocycles. The van der Waals surface area contributed by atoms with Gasteiger partial charge in [0.05, 0.1) is 12.6 Å². The van der Waals surface area contributed by atoms with Crippen molar-refractivity contribution in [3.05, 3.63) is 70.8 Å². The van der Waals surface area contributed by atoms with Crippen molar-refractivity contribution >= 4 is 5.91 Å². The SMILES string of the molecule is COCc1ccccc1C(=O)NCC(c1c(F)cccc1F)N(C)C. The van der Waals surface area contributed by atoms with Crippen LogP contribution in [0.25, 0.3) is 0 Å². The number of ether oxygens (including phenoxy) is 1. The monoisotopic (exact) mass is 348 g/mol. The number of carbonyl (C=O) groups excluding carboxylic acids is 1. The van der Waals surface area contributed by atoms with Gasteiger partial charge in [-0.1, -0.05) is 24.3 Å². The first-order valence-electron chi connectivity index (χ1n) is 7.91. The van der Waals surface area contributed by atoms with Crippen LogP contribution < -0.4 is 5.32 Å². The Morgan fingerprint density at radius 2 is 1.76 bits per heavy atom. The van der Waals surface area contributed by atoms with Crippen LogP contribution in [0.2, 0.25) is 0 Å². The van der Waals surface area contributed by atoms with Gasteiger partial charge < -0.3 is 15.0 Å². The summed E-state index contributed by atoms with van der Waals surface area (Å²) in [6.07, 6.45) is 0. The van der Waals surface area contributed by atoms with Crippen molar-refractivity contribution in [2.75, 3.05) is 27.7 Å². The van der Waals surface area contributed by atoms with Gasteiger partial charge in [-0.2, -0.15) is 0 Å². The minimum Gasteiger partial charge on any atom is -0.380 e. The topological polar surface area (TPSA) is 41.6 Å². The van der Waals surface area contributed by atoms with Crippen LogP contribution in [0.5, 0.6) is 0 Å². The summed E-state index contributed by atoms with van der Waals surface area (Å²) in [5.41, 5.74) is 1.18. The molecule has 0 saturated carbocycles. The Labute approximate surface area is 146 Å². The third-order valence-corrected chi connectivity index (χ3v) is 3.97. The van der Waals surface area contributed by atoms with E-state index >= 15 is 0 Å². The molecule has 0 spiro atoms. The second-order valence-electron chi connectivity index (χ2n) is 5.91. The van der Waals surface area contributed by atoms with E-state index in [9.17, 15) is 13.6 Å². The largest absolute Gasteiger partial charge is 0.380 e. The van der Waals surface area contributed by atoms with Crippen LogP contribution in [0, 0.1) is 11.6 Å². The van der Waals surface area contributed by atoms with Gasteiger partial charge in [-0.3, -0.25) is 4.79 Å². The molecule has 0 bridgehead atoms. The van der Waals surface area contributed by atoms with Crippen molar-refractivity contribution < 1.29 is 18.3 Å². The smallest absolute Gasteiger partial charge is 0.251 e. The van der Waals surface area contributed by atoms with Crippen LogP contribution in [0.15, 0.2) is 42.5 Å². The molecule has 1 unspecified atom stereocenters. The number of methoxy groups -OCH3 is 1. The first-order valence-corrected chi connectivity index (χ1v) is 7.91. The molecule has 0 saturated heterocycles. The summed E-state index contributed by atoms with van der Waals surface area (Å²) in [7, 11) is 4.97. The van der Waals surface area contributed by atoms with Gasteiger partial charge in [0.25, 0.3) is 5.91 Å². The Bertz CT molecular complexity index is 715. The molecule has 0 aliphatic heterocycles. The van der Waals surface area contributed by atoms with Gasteiger partial charge in [0.15, 0.2) is 0 Å². The minimum absolute atomic E-state index is 0.0574. The van der Waals surface area contributed by atoms with Crippen molar-refractivity contribution in [3.8, 4) is 0 Å². The first-order chi connectivity index (χ1) is 12.0. The lowest BCUT2D eigenvalue weighted by molar-refractivity contribution is 0.0936. The average molecular weight is 348 g/mol. The summed E-state index contributed by atoms with van der Waals surface area (Å²) in [5, 5.41) is 2.76. The number of halogens is 2. The summed E-state index contributed by atoms with van der Waals surface area (Å²) in [4.78, 5) is 14.2. The predicted octanol–water partition coefficient (Wildman–Crippen LogP) is 3.14. The summed E-state index contributed by atoms with van der Waals surface area (Å²) >= 11 is 0. The molecule has 2 aromatic rings. The Kier molecular flexibility index (Phi) is 6.61.